The predicted octanol–water partition coefficient (Wildman–Crippen LogP) is 2.62. The second-order valence-corrected chi connectivity index (χ2v) is 8.42. The van der Waals surface area contributed by atoms with Crippen molar-refractivity contribution in [1.82, 2.24) is 0 Å². The van der Waals surface area contributed by atoms with Crippen molar-refractivity contribution < 1.29 is 46.4 Å². The lowest BCUT2D eigenvalue weighted by molar-refractivity contribution is -0.352. The Morgan fingerprint density at radius 1 is 1.10 bits per heavy atom. The van der Waals surface area contributed by atoms with Crippen LogP contribution in [0.2, 0.25) is 0 Å². The molecule has 11 heteroatoms. The van der Waals surface area contributed by atoms with Gasteiger partial charge in [-0.05, 0) is 33.3 Å². The maximum Gasteiger partial charge on any atom is 0.433 e. The van der Waals surface area contributed by atoms with Crippen LogP contribution in [0.5, 0.6) is 0 Å². The quantitative estimate of drug-likeness (QED) is 0.632. The monoisotopic (exact) mass is 423 g/mol. The molecule has 5 atom stereocenters. The van der Waals surface area contributed by atoms with E-state index in [0.29, 0.717) is 0 Å². The van der Waals surface area contributed by atoms with Crippen molar-refractivity contribution in [2.45, 2.75) is 82.3 Å². The molecule has 0 saturated carbocycles. The zero-order valence-corrected chi connectivity index (χ0v) is 16.6. The van der Waals surface area contributed by atoms with Gasteiger partial charge in [-0.2, -0.15) is 13.2 Å². The smallest absolute Gasteiger partial charge is 0.359 e. The van der Waals surface area contributed by atoms with E-state index >= 15 is 0 Å². The van der Waals surface area contributed by atoms with Gasteiger partial charge in [0.25, 0.3) is 0 Å². The lowest BCUT2D eigenvalue weighted by atomic mass is 9.96. The molecule has 0 aromatic heterocycles. The molecule has 4 rings (SSSR count). The number of fused-ring (bicyclic) bond motifs is 1. The Balaban J connectivity index is 1.59. The SMILES string of the molecule is C=C1CC(C(F)(F)F)=NO[C@@H]1O[C@H]1[C@@H]2OC(C)(C)O[C@@H]2CO[C@]12COC(C)(C)O2. The van der Waals surface area contributed by atoms with Crippen molar-refractivity contribution >= 4 is 5.71 Å². The summed E-state index contributed by atoms with van der Waals surface area (Å²) in [6, 6.07) is 0. The van der Waals surface area contributed by atoms with Crippen LogP contribution in [0.15, 0.2) is 17.3 Å². The standard InChI is InChI=1S/C18H24F3NO7/c1-9-6-11(18(19,20)21)22-28-14(9)25-13-12-10(26-16(4,5)27-12)7-23-17(13)8-24-15(2,3)29-17/h10,12-14H,1,6-8H2,2-5H3/t10-,12-,13+,14+,17+/m1/s1. The van der Waals surface area contributed by atoms with Crippen LogP contribution in [0.25, 0.3) is 0 Å². The molecule has 4 heterocycles. The number of hydrogen-bond donors (Lipinski definition) is 0. The number of rotatable bonds is 2. The van der Waals surface area contributed by atoms with Gasteiger partial charge in [-0.15, -0.1) is 0 Å². The number of oxime groups is 1. The first-order valence-corrected chi connectivity index (χ1v) is 9.27. The van der Waals surface area contributed by atoms with E-state index in [9.17, 15) is 13.2 Å². The minimum Gasteiger partial charge on any atom is -0.359 e. The lowest BCUT2D eigenvalue weighted by Gasteiger charge is -2.44. The van der Waals surface area contributed by atoms with Crippen LogP contribution in [-0.4, -0.2) is 67.1 Å². The zero-order chi connectivity index (χ0) is 21.2. The van der Waals surface area contributed by atoms with Gasteiger partial charge in [0.05, 0.1) is 6.61 Å². The Hall–Kier alpha value is -1.24. The van der Waals surface area contributed by atoms with E-state index in [4.69, 9.17) is 33.3 Å². The van der Waals surface area contributed by atoms with Crippen molar-refractivity contribution in [3.63, 3.8) is 0 Å². The van der Waals surface area contributed by atoms with Crippen LogP contribution in [0, 0.1) is 0 Å². The zero-order valence-electron chi connectivity index (χ0n) is 16.6. The van der Waals surface area contributed by atoms with Crippen molar-refractivity contribution in [3.8, 4) is 0 Å². The molecule has 0 amide bonds. The first-order valence-electron chi connectivity index (χ1n) is 9.27. The second kappa shape index (κ2) is 6.63. The van der Waals surface area contributed by atoms with E-state index in [-0.39, 0.29) is 18.8 Å². The van der Waals surface area contributed by atoms with Gasteiger partial charge >= 0.3 is 6.18 Å². The van der Waals surface area contributed by atoms with Gasteiger partial charge in [-0.25, -0.2) is 0 Å². The molecule has 4 aliphatic heterocycles. The molecule has 8 nitrogen and oxygen atoms in total. The molecule has 0 aromatic rings. The highest BCUT2D eigenvalue weighted by Gasteiger charge is 2.64. The van der Waals surface area contributed by atoms with Crippen LogP contribution >= 0.6 is 0 Å². The van der Waals surface area contributed by atoms with Crippen molar-refractivity contribution in [2.24, 2.45) is 5.16 Å². The summed E-state index contributed by atoms with van der Waals surface area (Å²) in [7, 11) is 0. The summed E-state index contributed by atoms with van der Waals surface area (Å²) >= 11 is 0. The van der Waals surface area contributed by atoms with E-state index < -0.39 is 60.3 Å². The third kappa shape index (κ3) is 3.91. The molecular formula is C18H24F3NO7. The fourth-order valence-corrected chi connectivity index (χ4v) is 3.87. The summed E-state index contributed by atoms with van der Waals surface area (Å²) in [5.74, 6) is -3.19. The van der Waals surface area contributed by atoms with E-state index in [1.807, 2.05) is 0 Å². The molecule has 1 spiro atoms. The molecule has 0 aliphatic carbocycles. The first kappa shape index (κ1) is 21.0. The molecule has 0 radical (unpaired) electrons. The summed E-state index contributed by atoms with van der Waals surface area (Å²) in [4.78, 5) is 4.99. The number of ether oxygens (including phenoxy) is 6. The molecule has 3 fully saturated rings. The van der Waals surface area contributed by atoms with Crippen molar-refractivity contribution in [1.29, 1.82) is 0 Å². The van der Waals surface area contributed by atoms with Gasteiger partial charge in [0.2, 0.25) is 12.1 Å². The Kier molecular flexibility index (Phi) is 4.80. The first-order chi connectivity index (χ1) is 13.3. The second-order valence-electron chi connectivity index (χ2n) is 8.42. The summed E-state index contributed by atoms with van der Waals surface area (Å²) in [6.45, 7) is 10.8. The summed E-state index contributed by atoms with van der Waals surface area (Å²) < 4.78 is 74.2. The van der Waals surface area contributed by atoms with Gasteiger partial charge in [0.15, 0.2) is 17.3 Å². The van der Waals surface area contributed by atoms with Gasteiger partial charge in [-0.1, -0.05) is 11.7 Å². The largest absolute Gasteiger partial charge is 0.433 e. The lowest BCUT2D eigenvalue weighted by Crippen LogP contribution is -2.63. The normalized spacial score (nSPS) is 41.2. The van der Waals surface area contributed by atoms with Crippen LogP contribution < -0.4 is 0 Å². The molecule has 164 valence electrons. The van der Waals surface area contributed by atoms with Gasteiger partial charge in [0.1, 0.15) is 24.9 Å². The van der Waals surface area contributed by atoms with E-state index in [1.54, 1.807) is 27.7 Å². The maximum absolute atomic E-state index is 12.9. The van der Waals surface area contributed by atoms with Crippen LogP contribution in [-0.2, 0) is 33.3 Å². The maximum atomic E-state index is 12.9. The molecular weight excluding hydrogens is 399 g/mol. The molecule has 0 unspecified atom stereocenters. The average Bonchev–Trinajstić information content (AvgIpc) is 3.06. The minimum atomic E-state index is -4.60. The van der Waals surface area contributed by atoms with Crippen molar-refractivity contribution in [3.05, 3.63) is 12.2 Å². The highest BCUT2D eigenvalue weighted by molar-refractivity contribution is 5.91. The van der Waals surface area contributed by atoms with Crippen molar-refractivity contribution in [2.75, 3.05) is 13.2 Å². The number of halogens is 3. The number of nitrogens with zero attached hydrogens (tertiary/aromatic N) is 1. The fraction of sp³-hybridized carbons (Fsp3) is 0.833. The topological polar surface area (TPSA) is 77.0 Å². The van der Waals surface area contributed by atoms with E-state index in [1.165, 1.54) is 0 Å². The number of hydrogen-bond acceptors (Lipinski definition) is 8. The summed E-state index contributed by atoms with van der Waals surface area (Å²) in [5.41, 5.74) is -1.00. The fourth-order valence-electron chi connectivity index (χ4n) is 3.87. The van der Waals surface area contributed by atoms with Gasteiger partial charge in [-0.3, -0.25) is 0 Å². The average molecular weight is 423 g/mol. The Morgan fingerprint density at radius 3 is 2.41 bits per heavy atom. The van der Waals surface area contributed by atoms with Gasteiger partial charge in [0, 0.05) is 6.42 Å². The molecule has 0 aromatic carbocycles. The van der Waals surface area contributed by atoms with Gasteiger partial charge < -0.3 is 33.3 Å². The highest BCUT2D eigenvalue weighted by Crippen LogP contribution is 2.46. The highest BCUT2D eigenvalue weighted by atomic mass is 19.4. The van der Waals surface area contributed by atoms with Crippen LogP contribution in [0.4, 0.5) is 13.2 Å². The third-order valence-corrected chi connectivity index (χ3v) is 5.07. The van der Waals surface area contributed by atoms with E-state index in [2.05, 4.69) is 11.7 Å². The molecule has 4 aliphatic rings. The van der Waals surface area contributed by atoms with E-state index in [0.717, 1.165) is 0 Å². The number of alkyl halides is 3. The summed E-state index contributed by atoms with van der Waals surface area (Å²) in [6.07, 6.45) is -8.36. The molecule has 0 bridgehead atoms. The summed E-state index contributed by atoms with van der Waals surface area (Å²) in [5, 5.41) is 3.18. The minimum absolute atomic E-state index is 0.0357. The van der Waals surface area contributed by atoms with Crippen LogP contribution in [0.3, 0.4) is 0 Å². The Bertz CT molecular complexity index is 721. The molecule has 0 N–H and O–H groups in total. The molecule has 3 saturated heterocycles. The molecule has 29 heavy (non-hydrogen) atoms. The predicted molar refractivity (Wildman–Crippen MR) is 90.6 cm³/mol. The Morgan fingerprint density at radius 2 is 1.83 bits per heavy atom. The third-order valence-electron chi connectivity index (χ3n) is 5.07. The Labute approximate surface area is 165 Å². The van der Waals surface area contributed by atoms with Crippen LogP contribution in [0.1, 0.15) is 34.1 Å².